The molecule has 0 saturated carbocycles. The quantitative estimate of drug-likeness (QED) is 0.635. The van der Waals surface area contributed by atoms with Gasteiger partial charge in [0.25, 0.3) is 0 Å². The molecule has 0 aliphatic carbocycles. The first-order valence-corrected chi connectivity index (χ1v) is 12.9. The van der Waals surface area contributed by atoms with Crippen molar-refractivity contribution in [3.8, 4) is 0 Å². The van der Waals surface area contributed by atoms with Crippen LogP contribution >= 0.6 is 0 Å². The summed E-state index contributed by atoms with van der Waals surface area (Å²) in [6.07, 6.45) is 1.77. The number of sulfonamides is 1. The van der Waals surface area contributed by atoms with Crippen LogP contribution in [0.4, 0.5) is 11.4 Å². The van der Waals surface area contributed by atoms with E-state index in [0.717, 1.165) is 44.7 Å². The number of amides is 1. The number of nitrogens with zero attached hydrogens (tertiary/aromatic N) is 3. The molecule has 2 saturated heterocycles. The van der Waals surface area contributed by atoms with Crippen molar-refractivity contribution in [1.82, 2.24) is 9.21 Å². The molecule has 2 aliphatic rings. The molecule has 9 heteroatoms. The monoisotopic (exact) mass is 472 g/mol. The zero-order chi connectivity index (χ0) is 23.3. The molecule has 2 aromatic carbocycles. The van der Waals surface area contributed by atoms with Gasteiger partial charge < -0.3 is 15.0 Å². The Morgan fingerprint density at radius 2 is 1.73 bits per heavy atom. The second-order valence-electron chi connectivity index (χ2n) is 8.63. The van der Waals surface area contributed by atoms with Crippen molar-refractivity contribution in [3.05, 3.63) is 54.1 Å². The maximum atomic E-state index is 12.8. The smallest absolute Gasteiger partial charge is 0.243 e. The lowest BCUT2D eigenvalue weighted by atomic mass is 10.1. The number of ether oxygens (including phenoxy) is 1. The first kappa shape index (κ1) is 23.7. The van der Waals surface area contributed by atoms with E-state index in [0.29, 0.717) is 25.3 Å². The number of hydrogen-bond acceptors (Lipinski definition) is 6. The molecule has 0 aromatic heterocycles. The molecular weight excluding hydrogens is 440 g/mol. The molecule has 1 amide bonds. The van der Waals surface area contributed by atoms with Crippen LogP contribution in [0.3, 0.4) is 0 Å². The van der Waals surface area contributed by atoms with Gasteiger partial charge in [0.05, 0.1) is 24.7 Å². The van der Waals surface area contributed by atoms with Crippen LogP contribution in [0.15, 0.2) is 53.4 Å². The van der Waals surface area contributed by atoms with Crippen LogP contribution < -0.4 is 10.2 Å². The number of benzene rings is 2. The van der Waals surface area contributed by atoms with Crippen molar-refractivity contribution < 1.29 is 17.9 Å². The summed E-state index contributed by atoms with van der Waals surface area (Å²) in [5.41, 5.74) is 2.80. The van der Waals surface area contributed by atoms with Gasteiger partial charge in [0.1, 0.15) is 0 Å². The molecule has 4 rings (SSSR count). The van der Waals surface area contributed by atoms with Gasteiger partial charge in [0.15, 0.2) is 0 Å². The van der Waals surface area contributed by atoms with Gasteiger partial charge in [-0.2, -0.15) is 4.31 Å². The largest absolute Gasteiger partial charge is 0.378 e. The molecule has 2 aromatic rings. The van der Waals surface area contributed by atoms with Crippen molar-refractivity contribution in [2.75, 3.05) is 63.2 Å². The third-order valence-corrected chi connectivity index (χ3v) is 7.89. The van der Waals surface area contributed by atoms with Gasteiger partial charge in [-0.25, -0.2) is 8.42 Å². The highest BCUT2D eigenvalue weighted by Gasteiger charge is 2.27. The van der Waals surface area contributed by atoms with E-state index < -0.39 is 10.0 Å². The van der Waals surface area contributed by atoms with Crippen LogP contribution in [0.1, 0.15) is 18.4 Å². The van der Waals surface area contributed by atoms with E-state index in [1.807, 2.05) is 11.9 Å². The van der Waals surface area contributed by atoms with Crippen LogP contribution in [0.25, 0.3) is 0 Å². The van der Waals surface area contributed by atoms with E-state index >= 15 is 0 Å². The van der Waals surface area contributed by atoms with Gasteiger partial charge in [-0.1, -0.05) is 18.2 Å². The second kappa shape index (κ2) is 10.6. The molecule has 8 nitrogen and oxygen atoms in total. The Bertz CT molecular complexity index is 1050. The van der Waals surface area contributed by atoms with E-state index in [1.165, 1.54) is 16.1 Å². The van der Waals surface area contributed by atoms with Crippen LogP contribution in [-0.4, -0.2) is 76.5 Å². The van der Waals surface area contributed by atoms with Gasteiger partial charge in [-0.3, -0.25) is 9.69 Å². The Kier molecular flexibility index (Phi) is 7.64. The SMILES string of the molecule is CN(CC(=O)Nc1cccc(S(=O)(=O)N2CCCC2)c1)Cc1ccc(N2CCOCC2)cc1. The highest BCUT2D eigenvalue weighted by Crippen LogP contribution is 2.23. The highest BCUT2D eigenvalue weighted by atomic mass is 32.2. The van der Waals surface area contributed by atoms with Gasteiger partial charge in [-0.15, -0.1) is 0 Å². The normalized spacial score (nSPS) is 17.5. The fourth-order valence-corrected chi connectivity index (χ4v) is 5.82. The molecule has 0 bridgehead atoms. The third-order valence-electron chi connectivity index (χ3n) is 6.00. The zero-order valence-electron chi connectivity index (χ0n) is 19.1. The Hall–Kier alpha value is -2.46. The Labute approximate surface area is 196 Å². The summed E-state index contributed by atoms with van der Waals surface area (Å²) in [6, 6.07) is 14.9. The first-order chi connectivity index (χ1) is 15.9. The van der Waals surface area contributed by atoms with E-state index in [-0.39, 0.29) is 17.3 Å². The Morgan fingerprint density at radius 1 is 1.03 bits per heavy atom. The van der Waals surface area contributed by atoms with Gasteiger partial charge >= 0.3 is 0 Å². The van der Waals surface area contributed by atoms with E-state index in [4.69, 9.17) is 4.74 Å². The first-order valence-electron chi connectivity index (χ1n) is 11.4. The van der Waals surface area contributed by atoms with E-state index in [9.17, 15) is 13.2 Å². The summed E-state index contributed by atoms with van der Waals surface area (Å²) >= 11 is 0. The van der Waals surface area contributed by atoms with Crippen LogP contribution in [0.5, 0.6) is 0 Å². The number of carbonyl (C=O) groups excluding carboxylic acids is 1. The zero-order valence-corrected chi connectivity index (χ0v) is 19.9. The third kappa shape index (κ3) is 6.11. The minimum atomic E-state index is -3.51. The predicted molar refractivity (Wildman–Crippen MR) is 129 cm³/mol. The molecule has 0 unspecified atom stereocenters. The van der Waals surface area contributed by atoms with E-state index in [1.54, 1.807) is 18.2 Å². The van der Waals surface area contributed by atoms with Gasteiger partial charge in [0, 0.05) is 44.1 Å². The summed E-state index contributed by atoms with van der Waals surface area (Å²) in [5.74, 6) is -0.182. The van der Waals surface area contributed by atoms with Crippen molar-refractivity contribution in [2.45, 2.75) is 24.3 Å². The number of hydrogen-bond donors (Lipinski definition) is 1. The standard InChI is InChI=1S/C24H32N4O4S/c1-26(18-20-7-9-22(10-8-20)27-13-15-32-16-14-27)19-24(29)25-21-5-4-6-23(17-21)33(30,31)28-11-2-3-12-28/h4-10,17H,2-3,11-16,18-19H2,1H3,(H,25,29). The molecule has 2 heterocycles. The highest BCUT2D eigenvalue weighted by molar-refractivity contribution is 7.89. The van der Waals surface area contributed by atoms with Gasteiger partial charge in [-0.05, 0) is 55.8 Å². The average Bonchev–Trinajstić information content (AvgIpc) is 3.36. The second-order valence-corrected chi connectivity index (χ2v) is 10.6. The molecule has 2 aliphatic heterocycles. The molecule has 0 spiro atoms. The Balaban J connectivity index is 1.30. The summed E-state index contributed by atoms with van der Waals surface area (Å²) in [6.45, 7) is 5.27. The molecule has 1 N–H and O–H groups in total. The lowest BCUT2D eigenvalue weighted by Crippen LogP contribution is -2.36. The lowest BCUT2D eigenvalue weighted by molar-refractivity contribution is -0.117. The average molecular weight is 473 g/mol. The van der Waals surface area contributed by atoms with E-state index in [2.05, 4.69) is 34.5 Å². The fourth-order valence-electron chi connectivity index (χ4n) is 4.26. The summed E-state index contributed by atoms with van der Waals surface area (Å²) in [4.78, 5) is 17.0. The molecular formula is C24H32N4O4S. The fraction of sp³-hybridized carbons (Fsp3) is 0.458. The van der Waals surface area contributed by atoms with Crippen molar-refractivity contribution in [1.29, 1.82) is 0 Å². The molecule has 0 radical (unpaired) electrons. The van der Waals surface area contributed by atoms with Crippen LogP contribution in [0.2, 0.25) is 0 Å². The van der Waals surface area contributed by atoms with Crippen molar-refractivity contribution in [2.24, 2.45) is 0 Å². The van der Waals surface area contributed by atoms with Crippen LogP contribution in [-0.2, 0) is 26.1 Å². The minimum absolute atomic E-state index is 0.182. The van der Waals surface area contributed by atoms with Crippen molar-refractivity contribution in [3.63, 3.8) is 0 Å². The summed E-state index contributed by atoms with van der Waals surface area (Å²) in [7, 11) is -1.62. The van der Waals surface area contributed by atoms with Crippen LogP contribution in [0, 0.1) is 0 Å². The predicted octanol–water partition coefficient (Wildman–Crippen LogP) is 2.38. The number of nitrogens with one attached hydrogen (secondary N) is 1. The van der Waals surface area contributed by atoms with Gasteiger partial charge in [0.2, 0.25) is 15.9 Å². The number of likely N-dealkylation sites (N-methyl/N-ethyl adjacent to an activating group) is 1. The number of morpholine rings is 1. The Morgan fingerprint density at radius 3 is 2.42 bits per heavy atom. The van der Waals surface area contributed by atoms with Crippen molar-refractivity contribution >= 4 is 27.3 Å². The lowest BCUT2D eigenvalue weighted by Gasteiger charge is -2.29. The minimum Gasteiger partial charge on any atom is -0.378 e. The maximum Gasteiger partial charge on any atom is 0.243 e. The summed E-state index contributed by atoms with van der Waals surface area (Å²) < 4.78 is 32.5. The molecule has 33 heavy (non-hydrogen) atoms. The number of carbonyl (C=O) groups is 1. The number of anilines is 2. The maximum absolute atomic E-state index is 12.8. The topological polar surface area (TPSA) is 82.2 Å². The molecule has 0 atom stereocenters. The molecule has 2 fully saturated rings. The molecule has 178 valence electrons. The number of rotatable bonds is 8. The summed E-state index contributed by atoms with van der Waals surface area (Å²) in [5, 5.41) is 2.83.